The van der Waals surface area contributed by atoms with Crippen LogP contribution in [0.25, 0.3) is 11.7 Å². The first-order chi connectivity index (χ1) is 16.0. The van der Waals surface area contributed by atoms with Gasteiger partial charge in [-0.1, -0.05) is 30.0 Å². The van der Waals surface area contributed by atoms with E-state index >= 15 is 0 Å². The van der Waals surface area contributed by atoms with E-state index in [1.807, 2.05) is 26.0 Å². The summed E-state index contributed by atoms with van der Waals surface area (Å²) in [6.07, 6.45) is 6.08. The average molecular weight is 489 g/mol. The molecule has 2 aliphatic rings. The predicted molar refractivity (Wildman–Crippen MR) is 135 cm³/mol. The van der Waals surface area contributed by atoms with Crippen LogP contribution in [0, 0.1) is 6.92 Å². The average Bonchev–Trinajstić information content (AvgIpc) is 3.41. The number of aryl methyl sites for hydroxylation is 1. The highest BCUT2D eigenvalue weighted by Gasteiger charge is 2.32. The van der Waals surface area contributed by atoms with Crippen LogP contribution >= 0.6 is 24.0 Å². The summed E-state index contributed by atoms with van der Waals surface area (Å²) in [5, 5.41) is 3.30. The second-order valence-electron chi connectivity index (χ2n) is 7.96. The lowest BCUT2D eigenvalue weighted by Gasteiger charge is -2.15. The van der Waals surface area contributed by atoms with E-state index in [9.17, 15) is 9.59 Å². The van der Waals surface area contributed by atoms with Crippen molar-refractivity contribution in [3.8, 4) is 0 Å². The number of ether oxygens (including phenoxy) is 2. The van der Waals surface area contributed by atoms with E-state index in [-0.39, 0.29) is 17.6 Å². The number of pyridine rings is 1. The Morgan fingerprint density at radius 2 is 2.27 bits per heavy atom. The molecule has 0 bridgehead atoms. The molecule has 4 rings (SSSR count). The van der Waals surface area contributed by atoms with Crippen LogP contribution in [-0.4, -0.2) is 63.5 Å². The minimum Gasteiger partial charge on any atom is -0.382 e. The smallest absolute Gasteiger partial charge is 0.267 e. The molecule has 33 heavy (non-hydrogen) atoms. The van der Waals surface area contributed by atoms with E-state index in [0.717, 1.165) is 25.0 Å². The third-order valence-electron chi connectivity index (χ3n) is 5.63. The highest BCUT2D eigenvalue weighted by Crippen LogP contribution is 2.33. The standard InChI is InChI=1S/C23H28N4O4S2/c1-3-30-11-6-10-27-22(29)18(33-23(27)32)13-17-19(24-14-16-8-5-12-31-16)25-20-15(2)7-4-9-26(20)21(17)28/h4,7,9,13,16,24H,3,5-6,8,10-12,14H2,1-2H3/b18-13+/t16-/m0/s1. The Morgan fingerprint density at radius 3 is 3.03 bits per heavy atom. The van der Waals surface area contributed by atoms with Gasteiger partial charge in [-0.3, -0.25) is 18.9 Å². The lowest BCUT2D eigenvalue weighted by molar-refractivity contribution is -0.122. The number of anilines is 1. The van der Waals surface area contributed by atoms with E-state index in [2.05, 4.69) is 5.32 Å². The molecular weight excluding hydrogens is 460 g/mol. The van der Waals surface area contributed by atoms with Crippen molar-refractivity contribution in [2.75, 3.05) is 38.2 Å². The summed E-state index contributed by atoms with van der Waals surface area (Å²) in [5.41, 5.74) is 1.57. The van der Waals surface area contributed by atoms with Crippen LogP contribution < -0.4 is 10.9 Å². The van der Waals surface area contributed by atoms with Crippen LogP contribution in [-0.2, 0) is 14.3 Å². The van der Waals surface area contributed by atoms with E-state index in [1.54, 1.807) is 17.2 Å². The monoisotopic (exact) mass is 488 g/mol. The summed E-state index contributed by atoms with van der Waals surface area (Å²) >= 11 is 6.64. The molecule has 1 atom stereocenters. The van der Waals surface area contributed by atoms with E-state index in [4.69, 9.17) is 26.7 Å². The van der Waals surface area contributed by atoms with Gasteiger partial charge in [-0.15, -0.1) is 0 Å². The van der Waals surface area contributed by atoms with Gasteiger partial charge in [-0.2, -0.15) is 0 Å². The number of hydrogen-bond donors (Lipinski definition) is 1. The van der Waals surface area contributed by atoms with Gasteiger partial charge >= 0.3 is 0 Å². The summed E-state index contributed by atoms with van der Waals surface area (Å²) < 4.78 is 13.1. The number of amides is 1. The van der Waals surface area contributed by atoms with Gasteiger partial charge in [0.1, 0.15) is 15.8 Å². The second kappa shape index (κ2) is 10.8. The molecule has 2 aromatic rings. The van der Waals surface area contributed by atoms with E-state index in [0.29, 0.717) is 59.0 Å². The molecule has 176 valence electrons. The first-order valence-corrected chi connectivity index (χ1v) is 12.4. The Bertz CT molecular complexity index is 1140. The zero-order valence-electron chi connectivity index (χ0n) is 18.8. The van der Waals surface area contributed by atoms with Crippen LogP contribution in [0.5, 0.6) is 0 Å². The van der Waals surface area contributed by atoms with Crippen molar-refractivity contribution >= 4 is 51.7 Å². The number of nitrogens with zero attached hydrogens (tertiary/aromatic N) is 3. The molecular formula is C23H28N4O4S2. The number of nitrogens with one attached hydrogen (secondary N) is 1. The highest BCUT2D eigenvalue weighted by molar-refractivity contribution is 8.26. The lowest BCUT2D eigenvalue weighted by Crippen LogP contribution is -2.30. The van der Waals surface area contributed by atoms with Crippen LogP contribution in [0.4, 0.5) is 5.82 Å². The molecule has 4 heterocycles. The van der Waals surface area contributed by atoms with Gasteiger partial charge in [-0.25, -0.2) is 4.98 Å². The maximum absolute atomic E-state index is 13.4. The van der Waals surface area contributed by atoms with E-state index in [1.165, 1.54) is 16.2 Å². The maximum Gasteiger partial charge on any atom is 0.267 e. The number of thioether (sulfide) groups is 1. The van der Waals surface area contributed by atoms with Gasteiger partial charge in [0, 0.05) is 39.1 Å². The molecule has 1 amide bonds. The van der Waals surface area contributed by atoms with Gasteiger partial charge in [0.05, 0.1) is 16.6 Å². The van der Waals surface area contributed by atoms with Crippen LogP contribution in [0.2, 0.25) is 0 Å². The Kier molecular flexibility index (Phi) is 7.79. The van der Waals surface area contributed by atoms with Crippen molar-refractivity contribution in [2.45, 2.75) is 39.2 Å². The van der Waals surface area contributed by atoms with Gasteiger partial charge < -0.3 is 14.8 Å². The van der Waals surface area contributed by atoms with Crippen molar-refractivity contribution in [1.82, 2.24) is 14.3 Å². The SMILES string of the molecule is CCOCCCN1C(=O)/C(=C\c2c(NC[C@@H]3CCCO3)nc3c(C)cccn3c2=O)SC1=S. The maximum atomic E-state index is 13.4. The highest BCUT2D eigenvalue weighted by atomic mass is 32.2. The Hall–Kier alpha value is -2.27. The molecule has 0 radical (unpaired) electrons. The van der Waals surface area contributed by atoms with Crippen LogP contribution in [0.3, 0.4) is 0 Å². The third-order valence-corrected chi connectivity index (χ3v) is 7.01. The fraction of sp³-hybridized carbons (Fsp3) is 0.478. The first kappa shape index (κ1) is 23.9. The van der Waals surface area contributed by atoms with Crippen molar-refractivity contribution in [2.24, 2.45) is 0 Å². The number of hydrogen-bond acceptors (Lipinski definition) is 8. The Morgan fingerprint density at radius 1 is 1.42 bits per heavy atom. The zero-order chi connectivity index (χ0) is 23.4. The van der Waals surface area contributed by atoms with Crippen LogP contribution in [0.1, 0.15) is 37.3 Å². The molecule has 2 aliphatic heterocycles. The summed E-state index contributed by atoms with van der Waals surface area (Å²) in [5.74, 6) is 0.256. The van der Waals surface area contributed by atoms with Crippen molar-refractivity contribution in [1.29, 1.82) is 0 Å². The molecule has 2 fully saturated rings. The number of carbonyl (C=O) groups excluding carboxylic acids is 1. The molecule has 0 spiro atoms. The Balaban J connectivity index is 1.66. The normalized spacial score (nSPS) is 19.9. The summed E-state index contributed by atoms with van der Waals surface area (Å²) in [7, 11) is 0. The molecule has 2 aromatic heterocycles. The number of fused-ring (bicyclic) bond motifs is 1. The molecule has 0 unspecified atom stereocenters. The molecule has 10 heteroatoms. The van der Waals surface area contributed by atoms with Gasteiger partial charge in [-0.05, 0) is 50.8 Å². The number of rotatable bonds is 9. The molecule has 1 N–H and O–H groups in total. The fourth-order valence-electron chi connectivity index (χ4n) is 3.89. The zero-order valence-corrected chi connectivity index (χ0v) is 20.5. The largest absolute Gasteiger partial charge is 0.382 e. The molecule has 0 aliphatic carbocycles. The van der Waals surface area contributed by atoms with Crippen LogP contribution in [0.15, 0.2) is 28.0 Å². The molecule has 0 saturated carbocycles. The summed E-state index contributed by atoms with van der Waals surface area (Å²) in [6, 6.07) is 3.73. The van der Waals surface area contributed by atoms with Crippen molar-refractivity contribution in [3.63, 3.8) is 0 Å². The van der Waals surface area contributed by atoms with Crippen molar-refractivity contribution < 1.29 is 14.3 Å². The predicted octanol–water partition coefficient (Wildman–Crippen LogP) is 3.22. The molecule has 2 saturated heterocycles. The topological polar surface area (TPSA) is 85.2 Å². The number of thiocarbonyl (C=S) groups is 1. The lowest BCUT2D eigenvalue weighted by atomic mass is 10.2. The Labute approximate surface area is 202 Å². The minimum atomic E-state index is -0.236. The first-order valence-electron chi connectivity index (χ1n) is 11.2. The molecule has 0 aromatic carbocycles. The number of carbonyl (C=O) groups is 1. The molecule has 8 nitrogen and oxygen atoms in total. The second-order valence-corrected chi connectivity index (χ2v) is 9.64. The van der Waals surface area contributed by atoms with Crippen molar-refractivity contribution in [3.05, 3.63) is 44.7 Å². The third kappa shape index (κ3) is 5.29. The summed E-state index contributed by atoms with van der Waals surface area (Å²) in [6.45, 7) is 6.84. The van der Waals surface area contributed by atoms with Gasteiger partial charge in [0.2, 0.25) is 0 Å². The van der Waals surface area contributed by atoms with E-state index < -0.39 is 0 Å². The fourth-order valence-corrected chi connectivity index (χ4v) is 5.18. The summed E-state index contributed by atoms with van der Waals surface area (Å²) in [4.78, 5) is 33.2. The van der Waals surface area contributed by atoms with Gasteiger partial charge in [0.25, 0.3) is 11.5 Å². The van der Waals surface area contributed by atoms with Gasteiger partial charge in [0.15, 0.2) is 0 Å². The quantitative estimate of drug-likeness (QED) is 0.327. The number of aromatic nitrogens is 2. The minimum absolute atomic E-state index is 0.0820.